The Morgan fingerprint density at radius 1 is 1.31 bits per heavy atom. The lowest BCUT2D eigenvalue weighted by Gasteiger charge is -2.01. The monoisotopic (exact) mass is 217 g/mol. The van der Waals surface area contributed by atoms with E-state index in [1.54, 1.807) is 0 Å². The first-order valence-corrected chi connectivity index (χ1v) is 4.86. The van der Waals surface area contributed by atoms with E-state index >= 15 is 0 Å². The van der Waals surface area contributed by atoms with Crippen molar-refractivity contribution in [1.82, 2.24) is 15.4 Å². The molecule has 82 valence electrons. The molecule has 0 fully saturated rings. The van der Waals surface area contributed by atoms with Gasteiger partial charge in [-0.05, 0) is 0 Å². The molecule has 0 atom stereocenters. The van der Waals surface area contributed by atoms with Gasteiger partial charge in [-0.3, -0.25) is 4.79 Å². The van der Waals surface area contributed by atoms with Gasteiger partial charge in [0.1, 0.15) is 18.0 Å². The molecule has 0 saturated heterocycles. The topological polar surface area (TPSA) is 67.9 Å². The molecule has 1 aromatic heterocycles. The standard InChI is InChI=1S/C11H11N3O2/c1-8(15)16-7-10-11(13-14-12-10)9-5-3-2-4-6-9/h2-6H,7H2,1H3,(H,12,13,14). The molecule has 0 radical (unpaired) electrons. The van der Waals surface area contributed by atoms with Gasteiger partial charge in [0.2, 0.25) is 0 Å². The van der Waals surface area contributed by atoms with Gasteiger partial charge >= 0.3 is 5.97 Å². The maximum atomic E-state index is 10.7. The Kier molecular flexibility index (Phi) is 2.95. The number of hydrogen-bond acceptors (Lipinski definition) is 4. The Hall–Kier alpha value is -2.17. The highest BCUT2D eigenvalue weighted by atomic mass is 16.5. The molecule has 16 heavy (non-hydrogen) atoms. The molecule has 0 spiro atoms. The molecule has 0 amide bonds. The van der Waals surface area contributed by atoms with Crippen LogP contribution in [0.15, 0.2) is 30.3 Å². The maximum absolute atomic E-state index is 10.7. The Bertz CT molecular complexity index is 479. The third-order valence-corrected chi connectivity index (χ3v) is 2.08. The highest BCUT2D eigenvalue weighted by Crippen LogP contribution is 2.19. The first kappa shape index (κ1) is 10.4. The third-order valence-electron chi connectivity index (χ3n) is 2.08. The summed E-state index contributed by atoms with van der Waals surface area (Å²) in [5.74, 6) is -0.331. The molecule has 5 heteroatoms. The molecule has 0 saturated carbocycles. The number of carbonyl (C=O) groups is 1. The summed E-state index contributed by atoms with van der Waals surface area (Å²) < 4.78 is 4.89. The average Bonchev–Trinajstić information content (AvgIpc) is 2.75. The van der Waals surface area contributed by atoms with Crippen LogP contribution in [0.4, 0.5) is 0 Å². The second kappa shape index (κ2) is 4.57. The van der Waals surface area contributed by atoms with Crippen molar-refractivity contribution in [2.75, 3.05) is 0 Å². The van der Waals surface area contributed by atoms with Crippen LogP contribution in [-0.2, 0) is 16.1 Å². The molecule has 1 N–H and O–H groups in total. The molecule has 2 aromatic rings. The van der Waals surface area contributed by atoms with E-state index in [2.05, 4.69) is 15.4 Å². The number of H-pyrrole nitrogens is 1. The van der Waals surface area contributed by atoms with Gasteiger partial charge in [-0.2, -0.15) is 15.4 Å². The minimum atomic E-state index is -0.331. The smallest absolute Gasteiger partial charge is 0.303 e. The third kappa shape index (κ3) is 2.25. The predicted octanol–water partition coefficient (Wildman–Crippen LogP) is 1.53. The Balaban J connectivity index is 2.23. The van der Waals surface area contributed by atoms with Crippen LogP contribution in [0.1, 0.15) is 12.6 Å². The van der Waals surface area contributed by atoms with E-state index < -0.39 is 0 Å². The summed E-state index contributed by atoms with van der Waals surface area (Å²) in [5, 5.41) is 10.5. The number of nitrogens with zero attached hydrogens (tertiary/aromatic N) is 2. The Morgan fingerprint density at radius 3 is 2.75 bits per heavy atom. The molecule has 5 nitrogen and oxygen atoms in total. The van der Waals surface area contributed by atoms with Gasteiger partial charge in [-0.25, -0.2) is 0 Å². The van der Waals surface area contributed by atoms with Crippen LogP contribution in [0.5, 0.6) is 0 Å². The van der Waals surface area contributed by atoms with Crippen LogP contribution >= 0.6 is 0 Å². The summed E-state index contributed by atoms with van der Waals surface area (Å²) in [4.78, 5) is 10.7. The summed E-state index contributed by atoms with van der Waals surface area (Å²) in [6.45, 7) is 1.50. The molecular weight excluding hydrogens is 206 g/mol. The summed E-state index contributed by atoms with van der Waals surface area (Å²) in [6, 6.07) is 9.61. The number of ether oxygens (including phenoxy) is 1. The highest BCUT2D eigenvalue weighted by Gasteiger charge is 2.10. The van der Waals surface area contributed by atoms with Crippen molar-refractivity contribution >= 4 is 5.97 Å². The van der Waals surface area contributed by atoms with Gasteiger partial charge in [0.15, 0.2) is 0 Å². The molecule has 0 aliphatic carbocycles. The number of nitrogens with one attached hydrogen (secondary N) is 1. The molecule has 0 aliphatic rings. The second-order valence-corrected chi connectivity index (χ2v) is 3.27. The fraction of sp³-hybridized carbons (Fsp3) is 0.182. The number of hydrogen-bond donors (Lipinski definition) is 1. The molecular formula is C11H11N3O2. The largest absolute Gasteiger partial charge is 0.459 e. The van der Waals surface area contributed by atoms with Crippen LogP contribution in [0.2, 0.25) is 0 Å². The van der Waals surface area contributed by atoms with Gasteiger partial charge in [0, 0.05) is 12.5 Å². The van der Waals surface area contributed by atoms with E-state index in [4.69, 9.17) is 4.74 Å². The summed E-state index contributed by atoms with van der Waals surface area (Å²) >= 11 is 0. The van der Waals surface area contributed by atoms with Gasteiger partial charge in [0.25, 0.3) is 0 Å². The van der Waals surface area contributed by atoms with Gasteiger partial charge in [-0.1, -0.05) is 30.3 Å². The minimum absolute atomic E-state index is 0.135. The van der Waals surface area contributed by atoms with Crippen molar-refractivity contribution < 1.29 is 9.53 Å². The Labute approximate surface area is 92.4 Å². The van der Waals surface area contributed by atoms with E-state index in [0.29, 0.717) is 11.4 Å². The number of rotatable bonds is 3. The zero-order valence-electron chi connectivity index (χ0n) is 8.80. The number of esters is 1. The highest BCUT2D eigenvalue weighted by molar-refractivity contribution is 5.66. The van der Waals surface area contributed by atoms with Crippen LogP contribution in [0, 0.1) is 0 Å². The molecule has 0 unspecified atom stereocenters. The number of carbonyl (C=O) groups excluding carboxylic acids is 1. The van der Waals surface area contributed by atoms with E-state index in [0.717, 1.165) is 5.56 Å². The van der Waals surface area contributed by atoms with Gasteiger partial charge < -0.3 is 4.74 Å². The van der Waals surface area contributed by atoms with E-state index in [9.17, 15) is 4.79 Å². The fourth-order valence-electron chi connectivity index (χ4n) is 1.35. The SMILES string of the molecule is CC(=O)OCc1n[nH]nc1-c1ccccc1. The lowest BCUT2D eigenvalue weighted by Crippen LogP contribution is -2.00. The van der Waals surface area contributed by atoms with Crippen molar-refractivity contribution in [2.45, 2.75) is 13.5 Å². The van der Waals surface area contributed by atoms with Crippen molar-refractivity contribution in [3.8, 4) is 11.3 Å². The van der Waals surface area contributed by atoms with Crippen molar-refractivity contribution in [3.63, 3.8) is 0 Å². The summed E-state index contributed by atoms with van der Waals surface area (Å²) in [5.41, 5.74) is 2.28. The van der Waals surface area contributed by atoms with E-state index in [-0.39, 0.29) is 12.6 Å². The number of benzene rings is 1. The quantitative estimate of drug-likeness (QED) is 0.792. The molecule has 1 aromatic carbocycles. The second-order valence-electron chi connectivity index (χ2n) is 3.27. The minimum Gasteiger partial charge on any atom is -0.459 e. The lowest BCUT2D eigenvalue weighted by molar-refractivity contribution is -0.142. The number of aromatic amines is 1. The fourth-order valence-corrected chi connectivity index (χ4v) is 1.35. The summed E-state index contributed by atoms with van der Waals surface area (Å²) in [7, 11) is 0. The van der Waals surface area contributed by atoms with Crippen LogP contribution in [-0.4, -0.2) is 21.4 Å². The normalized spacial score (nSPS) is 10.1. The van der Waals surface area contributed by atoms with Gasteiger partial charge in [0.05, 0.1) is 0 Å². The zero-order valence-corrected chi connectivity index (χ0v) is 8.80. The Morgan fingerprint density at radius 2 is 2.06 bits per heavy atom. The zero-order chi connectivity index (χ0) is 11.4. The first-order chi connectivity index (χ1) is 7.77. The lowest BCUT2D eigenvalue weighted by atomic mass is 10.1. The molecule has 2 rings (SSSR count). The van der Waals surface area contributed by atoms with Gasteiger partial charge in [-0.15, -0.1) is 0 Å². The first-order valence-electron chi connectivity index (χ1n) is 4.86. The van der Waals surface area contributed by atoms with Crippen LogP contribution in [0.25, 0.3) is 11.3 Å². The van der Waals surface area contributed by atoms with E-state index in [1.165, 1.54) is 6.92 Å². The van der Waals surface area contributed by atoms with E-state index in [1.807, 2.05) is 30.3 Å². The van der Waals surface area contributed by atoms with Crippen molar-refractivity contribution in [2.24, 2.45) is 0 Å². The van der Waals surface area contributed by atoms with Crippen molar-refractivity contribution in [1.29, 1.82) is 0 Å². The number of aromatic nitrogens is 3. The molecule has 0 aliphatic heterocycles. The molecule has 1 heterocycles. The maximum Gasteiger partial charge on any atom is 0.303 e. The van der Waals surface area contributed by atoms with Crippen LogP contribution in [0.3, 0.4) is 0 Å². The van der Waals surface area contributed by atoms with Crippen molar-refractivity contribution in [3.05, 3.63) is 36.0 Å². The average molecular weight is 217 g/mol. The van der Waals surface area contributed by atoms with Crippen LogP contribution < -0.4 is 0 Å². The summed E-state index contributed by atoms with van der Waals surface area (Å²) in [6.07, 6.45) is 0. The molecule has 0 bridgehead atoms. The predicted molar refractivity (Wildman–Crippen MR) is 57.3 cm³/mol.